The molecule has 0 radical (unpaired) electrons. The van der Waals surface area contributed by atoms with Crippen molar-refractivity contribution in [3.05, 3.63) is 28.8 Å². The highest BCUT2D eigenvalue weighted by atomic mass is 35.5. The summed E-state index contributed by atoms with van der Waals surface area (Å²) in [5, 5.41) is 5.75. The Morgan fingerprint density at radius 1 is 1.33 bits per heavy atom. The van der Waals surface area contributed by atoms with E-state index in [1.807, 2.05) is 20.8 Å². The summed E-state index contributed by atoms with van der Waals surface area (Å²) in [6.45, 7) is 5.60. The van der Waals surface area contributed by atoms with E-state index in [4.69, 9.17) is 11.6 Å². The molecule has 0 aliphatic rings. The molecular weight excluding hydrogens is 252 g/mol. The van der Waals surface area contributed by atoms with Crippen molar-refractivity contribution < 1.29 is 9.59 Å². The number of halogens is 1. The second-order valence-corrected chi connectivity index (χ2v) is 4.63. The van der Waals surface area contributed by atoms with Crippen molar-refractivity contribution in [2.45, 2.75) is 33.2 Å². The zero-order valence-corrected chi connectivity index (χ0v) is 11.5. The van der Waals surface area contributed by atoms with Crippen LogP contribution in [-0.4, -0.2) is 17.9 Å². The van der Waals surface area contributed by atoms with Crippen LogP contribution in [0.15, 0.2) is 18.2 Å². The molecule has 18 heavy (non-hydrogen) atoms. The third kappa shape index (κ3) is 4.04. The molecule has 98 valence electrons. The first-order valence-corrected chi connectivity index (χ1v) is 6.19. The monoisotopic (exact) mass is 268 g/mol. The van der Waals surface area contributed by atoms with Gasteiger partial charge in [-0.2, -0.15) is 0 Å². The molecule has 0 saturated carbocycles. The van der Waals surface area contributed by atoms with Gasteiger partial charge >= 0.3 is 11.8 Å². The molecule has 0 bridgehead atoms. The minimum absolute atomic E-state index is 0.0189. The maximum atomic E-state index is 11.6. The highest BCUT2D eigenvalue weighted by Gasteiger charge is 2.16. The zero-order valence-electron chi connectivity index (χ0n) is 10.7. The van der Waals surface area contributed by atoms with E-state index in [2.05, 4.69) is 10.6 Å². The van der Waals surface area contributed by atoms with Crippen LogP contribution in [0.25, 0.3) is 0 Å². The van der Waals surface area contributed by atoms with Gasteiger partial charge in [-0.3, -0.25) is 9.59 Å². The van der Waals surface area contributed by atoms with Crippen LogP contribution in [0.1, 0.15) is 25.8 Å². The van der Waals surface area contributed by atoms with Gasteiger partial charge in [0.2, 0.25) is 0 Å². The van der Waals surface area contributed by atoms with Gasteiger partial charge in [0.25, 0.3) is 0 Å². The van der Waals surface area contributed by atoms with Crippen molar-refractivity contribution in [2.24, 2.45) is 0 Å². The first-order chi connectivity index (χ1) is 8.43. The minimum atomic E-state index is -0.666. The topological polar surface area (TPSA) is 58.2 Å². The Morgan fingerprint density at radius 3 is 2.56 bits per heavy atom. The number of carbonyl (C=O) groups excluding carboxylic acids is 2. The molecule has 1 atom stereocenters. The van der Waals surface area contributed by atoms with Gasteiger partial charge in [-0.05, 0) is 44.0 Å². The third-order valence-electron chi connectivity index (χ3n) is 2.63. The highest BCUT2D eigenvalue weighted by molar-refractivity contribution is 6.39. The number of nitrogens with one attached hydrogen (secondary N) is 2. The Hall–Kier alpha value is -1.55. The fourth-order valence-corrected chi connectivity index (χ4v) is 1.56. The van der Waals surface area contributed by atoms with Gasteiger partial charge in [-0.15, -0.1) is 0 Å². The molecule has 1 aromatic carbocycles. The first kappa shape index (κ1) is 14.5. The van der Waals surface area contributed by atoms with Gasteiger partial charge in [0.15, 0.2) is 0 Å². The van der Waals surface area contributed by atoms with Gasteiger partial charge < -0.3 is 10.6 Å². The third-order valence-corrected chi connectivity index (χ3v) is 2.87. The lowest BCUT2D eigenvalue weighted by molar-refractivity contribution is -0.136. The quantitative estimate of drug-likeness (QED) is 0.828. The van der Waals surface area contributed by atoms with E-state index < -0.39 is 11.8 Å². The van der Waals surface area contributed by atoms with E-state index in [9.17, 15) is 9.59 Å². The Labute approximate surface area is 112 Å². The van der Waals surface area contributed by atoms with Crippen LogP contribution < -0.4 is 10.6 Å². The van der Waals surface area contributed by atoms with Crippen molar-refractivity contribution in [2.75, 3.05) is 5.32 Å². The number of benzene rings is 1. The number of anilines is 1. The number of hydrogen-bond acceptors (Lipinski definition) is 2. The van der Waals surface area contributed by atoms with E-state index in [1.165, 1.54) is 0 Å². The van der Waals surface area contributed by atoms with Gasteiger partial charge in [-0.25, -0.2) is 0 Å². The van der Waals surface area contributed by atoms with Gasteiger partial charge in [0, 0.05) is 16.8 Å². The van der Waals surface area contributed by atoms with Crippen molar-refractivity contribution in [3.63, 3.8) is 0 Å². The summed E-state index contributed by atoms with van der Waals surface area (Å²) in [7, 11) is 0. The second-order valence-electron chi connectivity index (χ2n) is 4.20. The molecule has 0 heterocycles. The molecule has 0 fully saturated rings. The molecule has 4 nitrogen and oxygen atoms in total. The summed E-state index contributed by atoms with van der Waals surface area (Å²) in [6.07, 6.45) is 0.777. The fraction of sp³-hybridized carbons (Fsp3) is 0.385. The van der Waals surface area contributed by atoms with Gasteiger partial charge in [0.05, 0.1) is 0 Å². The lowest BCUT2D eigenvalue weighted by Gasteiger charge is -2.12. The summed E-state index contributed by atoms with van der Waals surface area (Å²) in [5.41, 5.74) is 1.40. The summed E-state index contributed by atoms with van der Waals surface area (Å²) in [5.74, 6) is -1.29. The molecule has 2 amide bonds. The number of rotatable bonds is 3. The van der Waals surface area contributed by atoms with E-state index in [1.54, 1.807) is 18.2 Å². The van der Waals surface area contributed by atoms with Crippen molar-refractivity contribution in [1.29, 1.82) is 0 Å². The predicted molar refractivity (Wildman–Crippen MR) is 72.7 cm³/mol. The fourth-order valence-electron chi connectivity index (χ4n) is 1.34. The number of hydrogen-bond donors (Lipinski definition) is 2. The molecule has 0 aliphatic heterocycles. The first-order valence-electron chi connectivity index (χ1n) is 5.82. The second kappa shape index (κ2) is 6.40. The Kier molecular flexibility index (Phi) is 5.16. The molecule has 0 unspecified atom stereocenters. The number of amides is 2. The highest BCUT2D eigenvalue weighted by Crippen LogP contribution is 2.19. The molecule has 0 aromatic heterocycles. The smallest absolute Gasteiger partial charge is 0.313 e. The van der Waals surface area contributed by atoms with Gasteiger partial charge in [-0.1, -0.05) is 18.5 Å². The maximum absolute atomic E-state index is 11.6. The maximum Gasteiger partial charge on any atom is 0.313 e. The molecule has 1 rings (SSSR count). The van der Waals surface area contributed by atoms with E-state index in [0.717, 1.165) is 12.0 Å². The lowest BCUT2D eigenvalue weighted by Crippen LogP contribution is -2.40. The van der Waals surface area contributed by atoms with E-state index in [0.29, 0.717) is 10.7 Å². The van der Waals surface area contributed by atoms with Crippen LogP contribution >= 0.6 is 11.6 Å². The van der Waals surface area contributed by atoms with Crippen LogP contribution in [0.5, 0.6) is 0 Å². The molecule has 5 heteroatoms. The molecule has 0 aliphatic carbocycles. The summed E-state index contributed by atoms with van der Waals surface area (Å²) < 4.78 is 0. The Bertz CT molecular complexity index is 460. The molecule has 1 aromatic rings. The molecule has 0 saturated heterocycles. The SMILES string of the molecule is CC[C@@H](C)NC(=O)C(=O)Nc1ccc(Cl)cc1C. The summed E-state index contributed by atoms with van der Waals surface area (Å²) in [6, 6.07) is 5.04. The van der Waals surface area contributed by atoms with Crippen molar-refractivity contribution in [3.8, 4) is 0 Å². The standard InChI is InChI=1S/C13H17ClN2O2/c1-4-9(3)15-12(17)13(18)16-11-6-5-10(14)7-8(11)2/h5-7,9H,4H2,1-3H3,(H,15,17)(H,16,18)/t9-/m1/s1. The molecular formula is C13H17ClN2O2. The van der Waals surface area contributed by atoms with E-state index >= 15 is 0 Å². The lowest BCUT2D eigenvalue weighted by atomic mass is 10.2. The van der Waals surface area contributed by atoms with Crippen LogP contribution in [0.2, 0.25) is 5.02 Å². The van der Waals surface area contributed by atoms with Crippen LogP contribution in [0, 0.1) is 6.92 Å². The van der Waals surface area contributed by atoms with Crippen LogP contribution in [0.4, 0.5) is 5.69 Å². The Balaban J connectivity index is 2.67. The average molecular weight is 269 g/mol. The summed E-state index contributed by atoms with van der Waals surface area (Å²) >= 11 is 5.81. The van der Waals surface area contributed by atoms with Gasteiger partial charge in [0.1, 0.15) is 0 Å². The predicted octanol–water partition coefficient (Wildman–Crippen LogP) is 2.50. The van der Waals surface area contributed by atoms with Crippen LogP contribution in [0.3, 0.4) is 0 Å². The molecule has 2 N–H and O–H groups in total. The van der Waals surface area contributed by atoms with E-state index in [-0.39, 0.29) is 6.04 Å². The minimum Gasteiger partial charge on any atom is -0.345 e. The number of carbonyl (C=O) groups is 2. The van der Waals surface area contributed by atoms with Crippen LogP contribution in [-0.2, 0) is 9.59 Å². The summed E-state index contributed by atoms with van der Waals surface area (Å²) in [4.78, 5) is 23.2. The largest absolute Gasteiger partial charge is 0.345 e. The molecule has 0 spiro atoms. The van der Waals surface area contributed by atoms with Crippen molar-refractivity contribution >= 4 is 29.1 Å². The number of aryl methyl sites for hydroxylation is 1. The zero-order chi connectivity index (χ0) is 13.7. The van der Waals surface area contributed by atoms with Crippen molar-refractivity contribution in [1.82, 2.24) is 5.32 Å². The average Bonchev–Trinajstić information content (AvgIpc) is 2.32. The Morgan fingerprint density at radius 2 is 2.00 bits per heavy atom. The normalized spacial score (nSPS) is 11.8.